The molecule has 1 aliphatic carbocycles. The number of piperazine rings is 1. The molecule has 2 aliphatic heterocycles. The van der Waals surface area contributed by atoms with Gasteiger partial charge in [0.25, 0.3) is 0 Å². The van der Waals surface area contributed by atoms with Crippen LogP contribution in [0.15, 0.2) is 35.1 Å². The van der Waals surface area contributed by atoms with Crippen molar-refractivity contribution in [1.29, 1.82) is 0 Å². The predicted molar refractivity (Wildman–Crippen MR) is 138 cm³/mol. The molecule has 2 saturated heterocycles. The molecule has 2 N–H and O–H groups in total. The van der Waals surface area contributed by atoms with Crippen LogP contribution in [0.4, 0.5) is 5.82 Å². The Morgan fingerprint density at radius 3 is 2.60 bits per heavy atom. The second-order valence-electron chi connectivity index (χ2n) is 9.86. The molecule has 188 valence electrons. The number of aliphatic hydroxyl groups is 1. The number of aromatic nitrogens is 2. The number of anilines is 1. The second-order valence-corrected chi connectivity index (χ2v) is 10.8. The highest BCUT2D eigenvalue weighted by Crippen LogP contribution is 2.42. The van der Waals surface area contributed by atoms with Crippen molar-refractivity contribution in [2.75, 3.05) is 50.8 Å². The van der Waals surface area contributed by atoms with Gasteiger partial charge in [-0.1, -0.05) is 35.0 Å². The smallest absolute Gasteiger partial charge is 0.231 e. The molecule has 0 bridgehead atoms. The number of carbonyl (C=O) groups is 1. The highest BCUT2D eigenvalue weighted by molar-refractivity contribution is 9.10. The minimum Gasteiger partial charge on any atom is -0.387 e. The van der Waals surface area contributed by atoms with E-state index in [0.717, 1.165) is 66.3 Å². The lowest BCUT2D eigenvalue weighted by atomic mass is 9.96. The predicted octanol–water partition coefficient (Wildman–Crippen LogP) is 2.98. The van der Waals surface area contributed by atoms with Gasteiger partial charge in [-0.2, -0.15) is 0 Å². The highest BCUT2D eigenvalue weighted by atomic mass is 79.9. The average molecular weight is 544 g/mol. The highest BCUT2D eigenvalue weighted by Gasteiger charge is 2.35. The summed E-state index contributed by atoms with van der Waals surface area (Å²) in [6.45, 7) is 7.04. The Morgan fingerprint density at radius 1 is 1.17 bits per heavy atom. The van der Waals surface area contributed by atoms with Crippen molar-refractivity contribution < 1.29 is 14.6 Å². The number of amides is 1. The number of hydrogen-bond donors (Lipinski definition) is 2. The molecule has 8 nitrogen and oxygen atoms in total. The topological polar surface area (TPSA) is 90.8 Å². The normalized spacial score (nSPS) is 23.9. The van der Waals surface area contributed by atoms with Gasteiger partial charge < -0.3 is 25.0 Å². The van der Waals surface area contributed by atoms with Crippen LogP contribution in [0.5, 0.6) is 0 Å². The maximum Gasteiger partial charge on any atom is 0.231 e. The van der Waals surface area contributed by atoms with Crippen LogP contribution in [-0.4, -0.2) is 77.9 Å². The van der Waals surface area contributed by atoms with Crippen molar-refractivity contribution in [3.63, 3.8) is 0 Å². The van der Waals surface area contributed by atoms with Crippen molar-refractivity contribution >= 4 is 27.7 Å². The molecule has 0 radical (unpaired) electrons. The Hall–Kier alpha value is -2.07. The number of benzene rings is 1. The molecule has 0 spiro atoms. The van der Waals surface area contributed by atoms with Crippen LogP contribution in [-0.2, 0) is 9.53 Å². The average Bonchev–Trinajstić information content (AvgIpc) is 3.19. The van der Waals surface area contributed by atoms with Crippen LogP contribution >= 0.6 is 15.9 Å². The summed E-state index contributed by atoms with van der Waals surface area (Å²) in [6.07, 6.45) is 3.69. The zero-order valence-corrected chi connectivity index (χ0v) is 21.8. The summed E-state index contributed by atoms with van der Waals surface area (Å²) in [5, 5.41) is 14.0. The van der Waals surface area contributed by atoms with Crippen molar-refractivity contribution in [3.05, 3.63) is 51.9 Å². The minimum absolute atomic E-state index is 0.170. The number of halogens is 1. The number of nitrogens with zero attached hydrogens (tertiary/aromatic N) is 4. The minimum atomic E-state index is -0.514. The van der Waals surface area contributed by atoms with Crippen LogP contribution in [0.25, 0.3) is 0 Å². The van der Waals surface area contributed by atoms with Gasteiger partial charge in [-0.15, -0.1) is 0 Å². The van der Waals surface area contributed by atoms with E-state index in [-0.39, 0.29) is 17.7 Å². The molecule has 3 aliphatic rings. The van der Waals surface area contributed by atoms with Gasteiger partial charge >= 0.3 is 0 Å². The van der Waals surface area contributed by atoms with Crippen LogP contribution in [0, 0.1) is 0 Å². The maximum absolute atomic E-state index is 13.8. The lowest BCUT2D eigenvalue weighted by Gasteiger charge is -2.38. The first-order valence-electron chi connectivity index (χ1n) is 12.6. The molecule has 3 atom stereocenters. The molecule has 0 unspecified atom stereocenters. The monoisotopic (exact) mass is 543 g/mol. The molecule has 1 aromatic heterocycles. The van der Waals surface area contributed by atoms with E-state index in [1.807, 2.05) is 29.2 Å². The van der Waals surface area contributed by atoms with Gasteiger partial charge in [-0.05, 0) is 42.9 Å². The lowest BCUT2D eigenvalue weighted by molar-refractivity contribution is -0.133. The summed E-state index contributed by atoms with van der Waals surface area (Å²) in [4.78, 5) is 26.9. The molecule has 2 aromatic rings. The number of ether oxygens (including phenoxy) is 1. The molecule has 5 rings (SSSR count). The Balaban J connectivity index is 1.27. The van der Waals surface area contributed by atoms with Gasteiger partial charge in [0.05, 0.1) is 17.7 Å². The summed E-state index contributed by atoms with van der Waals surface area (Å²) in [7, 11) is 0. The quantitative estimate of drug-likeness (QED) is 0.578. The van der Waals surface area contributed by atoms with Crippen LogP contribution < -0.4 is 10.2 Å². The molecular formula is C26H34BrN5O3. The fourth-order valence-corrected chi connectivity index (χ4v) is 5.81. The Kier molecular flexibility index (Phi) is 7.67. The van der Waals surface area contributed by atoms with Gasteiger partial charge in [0.1, 0.15) is 12.1 Å². The largest absolute Gasteiger partial charge is 0.387 e. The number of hydrogen-bond acceptors (Lipinski definition) is 7. The number of fused-ring (bicyclic) bond motifs is 1. The first kappa shape index (κ1) is 24.6. The summed E-state index contributed by atoms with van der Waals surface area (Å²) in [6, 6.07) is 8.50. The van der Waals surface area contributed by atoms with Crippen molar-refractivity contribution in [1.82, 2.24) is 20.2 Å². The fourth-order valence-electron chi connectivity index (χ4n) is 5.54. The SMILES string of the molecule is C[C@@H]1C[C@H](O)c2ncnc(N3CCN(C(=O)[C@H](CNC4CCOCC4)c4ccc(Br)cc4)CC3)c21. The standard InChI is InChI=1S/C26H34BrN5O3/c1-17-14-22(33)24-23(17)25(30-16-29-24)31-8-10-32(11-9-31)26(34)21(18-2-4-19(27)5-3-18)15-28-20-6-12-35-13-7-20/h2-5,16-17,20-22,28,33H,6-15H2,1H3/t17-,21-,22+/m1/s1. The molecule has 35 heavy (non-hydrogen) atoms. The third-order valence-electron chi connectivity index (χ3n) is 7.57. The summed E-state index contributed by atoms with van der Waals surface area (Å²) in [5.41, 5.74) is 2.86. The maximum atomic E-state index is 13.8. The van der Waals surface area contributed by atoms with E-state index in [1.54, 1.807) is 6.33 Å². The number of aliphatic hydroxyl groups excluding tert-OH is 1. The molecule has 1 aromatic carbocycles. The Labute approximate surface area is 215 Å². The van der Waals surface area contributed by atoms with E-state index in [4.69, 9.17) is 4.74 Å². The molecule has 3 heterocycles. The fraction of sp³-hybridized carbons (Fsp3) is 0.577. The van der Waals surface area contributed by atoms with Crippen molar-refractivity contribution in [2.45, 2.75) is 50.2 Å². The van der Waals surface area contributed by atoms with Gasteiger partial charge in [-0.3, -0.25) is 4.79 Å². The van der Waals surface area contributed by atoms with Gasteiger partial charge in [0.2, 0.25) is 5.91 Å². The first-order valence-corrected chi connectivity index (χ1v) is 13.4. The zero-order chi connectivity index (χ0) is 24.4. The van der Waals surface area contributed by atoms with E-state index in [9.17, 15) is 9.90 Å². The molecule has 0 saturated carbocycles. The second kappa shape index (κ2) is 10.9. The van der Waals surface area contributed by atoms with Crippen LogP contribution in [0.2, 0.25) is 0 Å². The number of carbonyl (C=O) groups excluding carboxylic acids is 1. The summed E-state index contributed by atoms with van der Waals surface area (Å²) < 4.78 is 6.50. The van der Waals surface area contributed by atoms with E-state index in [1.165, 1.54) is 0 Å². The summed E-state index contributed by atoms with van der Waals surface area (Å²) >= 11 is 3.51. The Morgan fingerprint density at radius 2 is 1.89 bits per heavy atom. The lowest BCUT2D eigenvalue weighted by Crippen LogP contribution is -2.51. The first-order chi connectivity index (χ1) is 17.0. The number of rotatable bonds is 6. The van der Waals surface area contributed by atoms with E-state index in [0.29, 0.717) is 32.1 Å². The number of nitrogens with one attached hydrogen (secondary N) is 1. The van der Waals surface area contributed by atoms with E-state index in [2.05, 4.69) is 43.0 Å². The van der Waals surface area contributed by atoms with Crippen LogP contribution in [0.1, 0.15) is 60.9 Å². The molecular weight excluding hydrogens is 510 g/mol. The van der Waals surface area contributed by atoms with Crippen molar-refractivity contribution in [2.24, 2.45) is 0 Å². The third-order valence-corrected chi connectivity index (χ3v) is 8.10. The van der Waals surface area contributed by atoms with Gasteiger partial charge in [0, 0.05) is 62.0 Å². The Bertz CT molecular complexity index is 1020. The van der Waals surface area contributed by atoms with E-state index >= 15 is 0 Å². The van der Waals surface area contributed by atoms with Gasteiger partial charge in [0.15, 0.2) is 0 Å². The molecule has 2 fully saturated rings. The van der Waals surface area contributed by atoms with Gasteiger partial charge in [-0.25, -0.2) is 9.97 Å². The zero-order valence-electron chi connectivity index (χ0n) is 20.2. The molecule has 9 heteroatoms. The third kappa shape index (κ3) is 5.38. The molecule has 1 amide bonds. The summed E-state index contributed by atoms with van der Waals surface area (Å²) in [5.74, 6) is 1.09. The van der Waals surface area contributed by atoms with E-state index < -0.39 is 6.10 Å². The van der Waals surface area contributed by atoms with Crippen molar-refractivity contribution in [3.8, 4) is 0 Å². The van der Waals surface area contributed by atoms with Crippen LogP contribution in [0.3, 0.4) is 0 Å².